The Morgan fingerprint density at radius 3 is 1.34 bits per heavy atom. The summed E-state index contributed by atoms with van der Waals surface area (Å²) >= 11 is 0. The van der Waals surface area contributed by atoms with Gasteiger partial charge in [0.25, 0.3) is 0 Å². The van der Waals surface area contributed by atoms with Crippen LogP contribution < -0.4 is 0 Å². The van der Waals surface area contributed by atoms with Crippen LogP contribution in [0, 0.1) is 5.92 Å². The molecule has 0 fully saturated rings. The molecule has 0 aliphatic heterocycles. The third kappa shape index (κ3) is 13.1. The van der Waals surface area contributed by atoms with E-state index in [2.05, 4.69) is 4.98 Å². The number of Topliss-reactive ketones (excluding diaryl/α,β-unsaturated/α-hetero) is 3. The predicted octanol–water partition coefficient (Wildman–Crippen LogP) is 3.92. The molecule has 0 bridgehead atoms. The van der Waals surface area contributed by atoms with Gasteiger partial charge in [0.1, 0.15) is 0 Å². The minimum absolute atomic E-state index is 0.0670. The fourth-order valence-electron chi connectivity index (χ4n) is 1.11. The quantitative estimate of drug-likeness (QED) is 0.308. The number of aldehydes is 1. The summed E-state index contributed by atoms with van der Waals surface area (Å²) in [6.45, 7) is 3.78. The van der Waals surface area contributed by atoms with Gasteiger partial charge >= 0.3 is 30.1 Å². The molecule has 5 nitrogen and oxygen atoms in total. The van der Waals surface area contributed by atoms with Crippen LogP contribution >= 0.6 is 0 Å². The number of ketones is 3. The van der Waals surface area contributed by atoms with Gasteiger partial charge in [0, 0.05) is 23.9 Å². The average Bonchev–Trinajstić information content (AvgIpc) is 2.59. The summed E-state index contributed by atoms with van der Waals surface area (Å²) in [6.07, 6.45) is -14.0. The van der Waals surface area contributed by atoms with E-state index in [1.807, 2.05) is 13.8 Å². The molecular formula is C15H12F9NO4. The number of halogens is 9. The Labute approximate surface area is 156 Å². The van der Waals surface area contributed by atoms with E-state index in [0.29, 0.717) is 0 Å². The fourth-order valence-corrected chi connectivity index (χ4v) is 1.11. The number of hydrogen-bond donors (Lipinski definition) is 0. The number of aromatic nitrogens is 1. The van der Waals surface area contributed by atoms with Crippen LogP contribution in [0.15, 0.2) is 24.5 Å². The highest BCUT2D eigenvalue weighted by atomic mass is 19.4. The second-order valence-corrected chi connectivity index (χ2v) is 5.07. The normalized spacial score (nSPS) is 11.4. The van der Waals surface area contributed by atoms with Gasteiger partial charge in [0.05, 0.1) is 0 Å². The van der Waals surface area contributed by atoms with Crippen molar-refractivity contribution in [1.29, 1.82) is 0 Å². The molecule has 0 aliphatic rings. The molecule has 1 aromatic heterocycles. The van der Waals surface area contributed by atoms with Gasteiger partial charge in [-0.2, -0.15) is 39.5 Å². The highest BCUT2D eigenvalue weighted by Gasteiger charge is 2.54. The second kappa shape index (κ2) is 11.3. The van der Waals surface area contributed by atoms with E-state index in [1.165, 1.54) is 0 Å². The standard InChI is InChI=1S/C9H11NO.C4F6O2.C2HF3O/c1-7(2)9(11)8-3-5-10-6-4-8;5-3(6,7)1(11)2(12)4(8,9)10;3-2(4,5)1-6/h3-7H,1-2H3;;1H. The van der Waals surface area contributed by atoms with Crippen LogP contribution in [-0.2, 0) is 14.4 Å². The van der Waals surface area contributed by atoms with Crippen molar-refractivity contribution < 1.29 is 58.7 Å². The van der Waals surface area contributed by atoms with E-state index in [1.54, 1.807) is 24.5 Å². The lowest BCUT2D eigenvalue weighted by Gasteiger charge is -2.05. The first kappa shape index (κ1) is 28.4. The van der Waals surface area contributed by atoms with Gasteiger partial charge in [-0.25, -0.2) is 0 Å². The van der Waals surface area contributed by atoms with Crippen molar-refractivity contribution in [2.45, 2.75) is 32.4 Å². The fraction of sp³-hybridized carbons (Fsp3) is 0.400. The van der Waals surface area contributed by atoms with E-state index in [0.717, 1.165) is 5.56 Å². The molecule has 29 heavy (non-hydrogen) atoms. The minimum atomic E-state index is -5.77. The Hall–Kier alpha value is -2.80. The largest absolute Gasteiger partial charge is 0.458 e. The highest BCUT2D eigenvalue weighted by molar-refractivity contribution is 6.41. The first-order chi connectivity index (χ1) is 12.8. The lowest BCUT2D eigenvalue weighted by molar-refractivity contribution is -0.193. The third-order valence-electron chi connectivity index (χ3n) is 2.34. The summed E-state index contributed by atoms with van der Waals surface area (Å²) in [6, 6.07) is 3.48. The second-order valence-electron chi connectivity index (χ2n) is 5.07. The third-order valence-corrected chi connectivity index (χ3v) is 2.34. The summed E-state index contributed by atoms with van der Waals surface area (Å²) in [5.41, 5.74) is 0.745. The van der Waals surface area contributed by atoms with Crippen LogP contribution in [0.2, 0.25) is 0 Å². The van der Waals surface area contributed by atoms with Gasteiger partial charge in [-0.3, -0.25) is 24.2 Å². The van der Waals surface area contributed by atoms with Crippen molar-refractivity contribution in [3.63, 3.8) is 0 Å². The number of carbonyl (C=O) groups is 4. The highest BCUT2D eigenvalue weighted by Crippen LogP contribution is 2.24. The molecule has 164 valence electrons. The molecular weight excluding hydrogens is 429 g/mol. The van der Waals surface area contributed by atoms with Crippen LogP contribution in [0.4, 0.5) is 39.5 Å². The molecule has 0 spiro atoms. The Kier molecular flexibility index (Phi) is 11.0. The maximum absolute atomic E-state index is 11.3. The molecule has 0 saturated heterocycles. The summed E-state index contributed by atoms with van der Waals surface area (Å²) in [4.78, 5) is 43.1. The van der Waals surface area contributed by atoms with Gasteiger partial charge in [-0.05, 0) is 12.1 Å². The van der Waals surface area contributed by atoms with E-state index >= 15 is 0 Å². The molecule has 0 N–H and O–H groups in total. The summed E-state index contributed by atoms with van der Waals surface area (Å²) < 4.78 is 98.2. The summed E-state index contributed by atoms with van der Waals surface area (Å²) in [5.74, 6) is -6.57. The van der Waals surface area contributed by atoms with E-state index in [9.17, 15) is 53.9 Å². The molecule has 14 heteroatoms. The first-order valence-corrected chi connectivity index (χ1v) is 7.04. The van der Waals surface area contributed by atoms with Crippen molar-refractivity contribution >= 4 is 23.6 Å². The van der Waals surface area contributed by atoms with Crippen LogP contribution in [0.5, 0.6) is 0 Å². The minimum Gasteiger partial charge on any atom is -0.294 e. The van der Waals surface area contributed by atoms with Gasteiger partial charge in [-0.15, -0.1) is 0 Å². The van der Waals surface area contributed by atoms with Crippen LogP contribution in [-0.4, -0.2) is 47.1 Å². The average molecular weight is 441 g/mol. The van der Waals surface area contributed by atoms with E-state index in [4.69, 9.17) is 4.79 Å². The number of hydrogen-bond acceptors (Lipinski definition) is 5. The number of pyridine rings is 1. The number of alkyl halides is 9. The topological polar surface area (TPSA) is 81.2 Å². The Bertz CT molecular complexity index is 668. The van der Waals surface area contributed by atoms with Crippen LogP contribution in [0.25, 0.3) is 0 Å². The van der Waals surface area contributed by atoms with Crippen LogP contribution in [0.3, 0.4) is 0 Å². The Balaban J connectivity index is 0. The SMILES string of the molecule is CC(C)C(=O)c1ccncc1.O=C(C(=O)C(F)(F)F)C(F)(F)F.O=CC(F)(F)F. The van der Waals surface area contributed by atoms with Crippen molar-refractivity contribution in [1.82, 2.24) is 4.98 Å². The zero-order chi connectivity index (χ0) is 23.6. The molecule has 0 atom stereocenters. The molecule has 1 heterocycles. The first-order valence-electron chi connectivity index (χ1n) is 7.04. The lowest BCUT2D eigenvalue weighted by Crippen LogP contribution is -2.39. The number of rotatable bonds is 3. The number of carbonyl (C=O) groups excluding carboxylic acids is 4. The monoisotopic (exact) mass is 441 g/mol. The van der Waals surface area contributed by atoms with Gasteiger partial charge in [0.15, 0.2) is 5.78 Å². The van der Waals surface area contributed by atoms with Crippen LogP contribution in [0.1, 0.15) is 24.2 Å². The lowest BCUT2D eigenvalue weighted by atomic mass is 10.0. The zero-order valence-corrected chi connectivity index (χ0v) is 14.4. The van der Waals surface area contributed by atoms with Gasteiger partial charge < -0.3 is 0 Å². The molecule has 0 amide bonds. The van der Waals surface area contributed by atoms with Crippen molar-refractivity contribution in [2.75, 3.05) is 0 Å². The Morgan fingerprint density at radius 1 is 0.828 bits per heavy atom. The predicted molar refractivity (Wildman–Crippen MR) is 77.6 cm³/mol. The van der Waals surface area contributed by atoms with Crippen molar-refractivity contribution in [2.24, 2.45) is 5.92 Å². The molecule has 0 aliphatic carbocycles. The van der Waals surface area contributed by atoms with Gasteiger partial charge in [-0.1, -0.05) is 13.8 Å². The maximum atomic E-state index is 11.3. The summed E-state index contributed by atoms with van der Waals surface area (Å²) in [5, 5.41) is 0. The molecule has 1 rings (SSSR count). The number of nitrogens with zero attached hydrogens (tertiary/aromatic N) is 1. The molecule has 0 unspecified atom stereocenters. The van der Waals surface area contributed by atoms with Crippen molar-refractivity contribution in [3.05, 3.63) is 30.1 Å². The molecule has 1 aromatic rings. The van der Waals surface area contributed by atoms with E-state index in [-0.39, 0.29) is 11.7 Å². The van der Waals surface area contributed by atoms with Crippen molar-refractivity contribution in [3.8, 4) is 0 Å². The summed E-state index contributed by atoms with van der Waals surface area (Å²) in [7, 11) is 0. The smallest absolute Gasteiger partial charge is 0.294 e. The molecule has 0 aromatic carbocycles. The molecule has 0 saturated carbocycles. The maximum Gasteiger partial charge on any atom is 0.458 e. The Morgan fingerprint density at radius 2 is 1.14 bits per heavy atom. The van der Waals surface area contributed by atoms with E-state index < -0.39 is 36.4 Å². The van der Waals surface area contributed by atoms with Gasteiger partial charge in [0.2, 0.25) is 6.29 Å². The molecule has 0 radical (unpaired) electrons. The zero-order valence-electron chi connectivity index (χ0n) is 14.4.